The second-order valence-electron chi connectivity index (χ2n) is 5.85. The van der Waals surface area contributed by atoms with E-state index in [1.165, 1.54) is 0 Å². The van der Waals surface area contributed by atoms with E-state index in [0.717, 1.165) is 5.56 Å². The quantitative estimate of drug-likeness (QED) is 0.621. The molecule has 0 radical (unpaired) electrons. The van der Waals surface area contributed by atoms with E-state index in [-0.39, 0.29) is 11.7 Å². The standard InChI is InChI=1S/C19H19N3O3S/c1-11-16(18(24)21-13-4-3-5-15(10-13)25-2)17(22-19(26)20-11)12-6-8-14(23)9-7-12/h3-10,17,23H,1-2H3,(H,21,24)(H2,20,22,26)/t17-/m0/s1. The van der Waals surface area contributed by atoms with Crippen LogP contribution in [0.1, 0.15) is 18.5 Å². The molecule has 1 heterocycles. The molecule has 3 rings (SSSR count). The zero-order chi connectivity index (χ0) is 18.7. The maximum absolute atomic E-state index is 13.0. The zero-order valence-corrected chi connectivity index (χ0v) is 15.2. The first kappa shape index (κ1) is 17.8. The van der Waals surface area contributed by atoms with Crippen LogP contribution >= 0.6 is 12.2 Å². The molecule has 0 aliphatic carbocycles. The van der Waals surface area contributed by atoms with Crippen molar-refractivity contribution < 1.29 is 14.6 Å². The van der Waals surface area contributed by atoms with Gasteiger partial charge in [-0.25, -0.2) is 0 Å². The highest BCUT2D eigenvalue weighted by Crippen LogP contribution is 2.29. The number of thiocarbonyl (C=S) groups is 1. The topological polar surface area (TPSA) is 82.6 Å². The summed E-state index contributed by atoms with van der Waals surface area (Å²) in [6.07, 6.45) is 0. The molecule has 1 aliphatic heterocycles. The first-order valence-corrected chi connectivity index (χ1v) is 8.41. The van der Waals surface area contributed by atoms with Crippen LogP contribution in [0, 0.1) is 0 Å². The molecule has 0 unspecified atom stereocenters. The van der Waals surface area contributed by atoms with E-state index in [4.69, 9.17) is 17.0 Å². The normalized spacial score (nSPS) is 16.5. The number of aromatic hydroxyl groups is 1. The number of carbonyl (C=O) groups is 1. The SMILES string of the molecule is COc1cccc(NC(=O)C2=C(C)NC(=S)N[C@H]2c2ccc(O)cc2)c1. The number of methoxy groups -OCH3 is 1. The van der Waals surface area contributed by atoms with Gasteiger partial charge in [-0.15, -0.1) is 0 Å². The number of ether oxygens (including phenoxy) is 1. The van der Waals surface area contributed by atoms with Crippen molar-refractivity contribution in [1.82, 2.24) is 10.6 Å². The van der Waals surface area contributed by atoms with Crippen LogP contribution in [0.5, 0.6) is 11.5 Å². The van der Waals surface area contributed by atoms with Gasteiger partial charge < -0.3 is 25.8 Å². The molecule has 1 amide bonds. The Balaban J connectivity index is 1.92. The number of anilines is 1. The van der Waals surface area contributed by atoms with E-state index in [9.17, 15) is 9.90 Å². The summed E-state index contributed by atoms with van der Waals surface area (Å²) in [5.74, 6) is 0.564. The fourth-order valence-electron chi connectivity index (χ4n) is 2.81. The Kier molecular flexibility index (Phi) is 5.09. The molecule has 4 N–H and O–H groups in total. The summed E-state index contributed by atoms with van der Waals surface area (Å²) in [6.45, 7) is 1.81. The Morgan fingerprint density at radius 2 is 1.96 bits per heavy atom. The summed E-state index contributed by atoms with van der Waals surface area (Å²) in [4.78, 5) is 13.0. The molecule has 0 aromatic heterocycles. The van der Waals surface area contributed by atoms with Crippen LogP contribution in [0.2, 0.25) is 0 Å². The van der Waals surface area contributed by atoms with Crippen LogP contribution in [0.15, 0.2) is 59.8 Å². The van der Waals surface area contributed by atoms with Gasteiger partial charge in [0.1, 0.15) is 11.5 Å². The average molecular weight is 369 g/mol. The Morgan fingerprint density at radius 1 is 1.23 bits per heavy atom. The highest BCUT2D eigenvalue weighted by molar-refractivity contribution is 7.80. The number of amides is 1. The lowest BCUT2D eigenvalue weighted by molar-refractivity contribution is -0.113. The zero-order valence-electron chi connectivity index (χ0n) is 14.4. The number of hydrogen-bond donors (Lipinski definition) is 4. The van der Waals surface area contributed by atoms with Crippen molar-refractivity contribution in [3.8, 4) is 11.5 Å². The van der Waals surface area contributed by atoms with Crippen LogP contribution in [0.25, 0.3) is 0 Å². The Morgan fingerprint density at radius 3 is 2.65 bits per heavy atom. The minimum Gasteiger partial charge on any atom is -0.508 e. The average Bonchev–Trinajstić information content (AvgIpc) is 2.61. The van der Waals surface area contributed by atoms with Gasteiger partial charge in [-0.2, -0.15) is 0 Å². The van der Waals surface area contributed by atoms with Crippen molar-refractivity contribution in [2.24, 2.45) is 0 Å². The minimum atomic E-state index is -0.421. The molecule has 26 heavy (non-hydrogen) atoms. The van der Waals surface area contributed by atoms with E-state index >= 15 is 0 Å². The summed E-state index contributed by atoms with van der Waals surface area (Å²) >= 11 is 5.23. The van der Waals surface area contributed by atoms with Gasteiger partial charge >= 0.3 is 0 Å². The fraction of sp³-hybridized carbons (Fsp3) is 0.158. The molecular formula is C19H19N3O3S. The van der Waals surface area contributed by atoms with E-state index in [1.54, 1.807) is 56.5 Å². The number of benzene rings is 2. The molecule has 2 aromatic rings. The van der Waals surface area contributed by atoms with Gasteiger partial charge in [-0.05, 0) is 49.0 Å². The maximum atomic E-state index is 13.0. The third-order valence-corrected chi connectivity index (χ3v) is 4.29. The van der Waals surface area contributed by atoms with Crippen molar-refractivity contribution in [2.75, 3.05) is 12.4 Å². The number of hydrogen-bond acceptors (Lipinski definition) is 4. The van der Waals surface area contributed by atoms with Crippen LogP contribution in [0.4, 0.5) is 5.69 Å². The summed E-state index contributed by atoms with van der Waals surface area (Å²) in [5, 5.41) is 19.0. The fourth-order valence-corrected chi connectivity index (χ4v) is 3.08. The van der Waals surface area contributed by atoms with Crippen molar-refractivity contribution in [2.45, 2.75) is 13.0 Å². The molecule has 134 valence electrons. The lowest BCUT2D eigenvalue weighted by atomic mass is 9.95. The van der Waals surface area contributed by atoms with Gasteiger partial charge in [0.25, 0.3) is 5.91 Å². The molecular weight excluding hydrogens is 350 g/mol. The van der Waals surface area contributed by atoms with Gasteiger partial charge in [0, 0.05) is 17.5 Å². The lowest BCUT2D eigenvalue weighted by Gasteiger charge is -2.30. The van der Waals surface area contributed by atoms with E-state index in [1.807, 2.05) is 6.07 Å². The molecule has 1 atom stereocenters. The van der Waals surface area contributed by atoms with Gasteiger partial charge in [-0.1, -0.05) is 18.2 Å². The second kappa shape index (κ2) is 7.45. The summed E-state index contributed by atoms with van der Waals surface area (Å²) in [7, 11) is 1.57. The molecule has 2 aromatic carbocycles. The van der Waals surface area contributed by atoms with Crippen LogP contribution in [-0.2, 0) is 4.79 Å². The van der Waals surface area contributed by atoms with Gasteiger partial charge in [-0.3, -0.25) is 4.79 Å². The third kappa shape index (κ3) is 3.78. The lowest BCUT2D eigenvalue weighted by Crippen LogP contribution is -2.45. The summed E-state index contributed by atoms with van der Waals surface area (Å²) < 4.78 is 5.19. The van der Waals surface area contributed by atoms with Gasteiger partial charge in [0.2, 0.25) is 0 Å². The van der Waals surface area contributed by atoms with E-state index in [0.29, 0.717) is 27.8 Å². The largest absolute Gasteiger partial charge is 0.508 e. The molecule has 0 fully saturated rings. The number of phenolic OH excluding ortho intramolecular Hbond substituents is 1. The van der Waals surface area contributed by atoms with E-state index < -0.39 is 6.04 Å². The summed E-state index contributed by atoms with van der Waals surface area (Å²) in [5.41, 5.74) is 2.65. The Bertz CT molecular complexity index is 878. The molecule has 1 aliphatic rings. The van der Waals surface area contributed by atoms with Crippen molar-refractivity contribution in [1.29, 1.82) is 0 Å². The van der Waals surface area contributed by atoms with Crippen molar-refractivity contribution >= 4 is 28.9 Å². The predicted octanol–water partition coefficient (Wildman–Crippen LogP) is 2.83. The predicted molar refractivity (Wildman–Crippen MR) is 104 cm³/mol. The summed E-state index contributed by atoms with van der Waals surface area (Å²) in [6, 6.07) is 13.4. The van der Waals surface area contributed by atoms with Crippen molar-refractivity contribution in [3.05, 3.63) is 65.4 Å². The third-order valence-electron chi connectivity index (χ3n) is 4.07. The van der Waals surface area contributed by atoms with Crippen LogP contribution < -0.4 is 20.7 Å². The first-order chi connectivity index (χ1) is 12.5. The number of phenols is 1. The molecule has 0 saturated carbocycles. The molecule has 7 heteroatoms. The number of allylic oxidation sites excluding steroid dienone is 1. The number of carbonyl (C=O) groups excluding carboxylic acids is 1. The molecule has 0 bridgehead atoms. The van der Waals surface area contributed by atoms with E-state index in [2.05, 4.69) is 16.0 Å². The molecule has 6 nitrogen and oxygen atoms in total. The van der Waals surface area contributed by atoms with Crippen LogP contribution in [0.3, 0.4) is 0 Å². The highest BCUT2D eigenvalue weighted by atomic mass is 32.1. The maximum Gasteiger partial charge on any atom is 0.255 e. The smallest absolute Gasteiger partial charge is 0.255 e. The monoisotopic (exact) mass is 369 g/mol. The van der Waals surface area contributed by atoms with Gasteiger partial charge in [0.05, 0.1) is 18.7 Å². The van der Waals surface area contributed by atoms with Gasteiger partial charge in [0.15, 0.2) is 5.11 Å². The Labute approximate surface area is 156 Å². The molecule has 0 saturated heterocycles. The Hall–Kier alpha value is -3.06. The molecule has 0 spiro atoms. The first-order valence-electron chi connectivity index (χ1n) is 8.00. The number of nitrogens with one attached hydrogen (secondary N) is 3. The minimum absolute atomic E-state index is 0.161. The highest BCUT2D eigenvalue weighted by Gasteiger charge is 2.29. The number of rotatable bonds is 4. The second-order valence-corrected chi connectivity index (χ2v) is 6.26. The van der Waals surface area contributed by atoms with Crippen LogP contribution in [-0.4, -0.2) is 23.2 Å². The van der Waals surface area contributed by atoms with Crippen molar-refractivity contribution in [3.63, 3.8) is 0 Å².